The molecule has 0 radical (unpaired) electrons. The number of phenols is 4. The van der Waals surface area contributed by atoms with Crippen molar-refractivity contribution in [3.05, 3.63) is 71.9 Å². The van der Waals surface area contributed by atoms with Crippen LogP contribution in [0.25, 0.3) is 11.1 Å². The molecule has 0 aromatic heterocycles. The van der Waals surface area contributed by atoms with Crippen LogP contribution in [-0.2, 0) is 12.8 Å². The first kappa shape index (κ1) is 21.4. The summed E-state index contributed by atoms with van der Waals surface area (Å²) in [6.07, 6.45) is 15.2. The Morgan fingerprint density at radius 1 is 0.656 bits per heavy atom. The molecular formula is C26H26O6. The van der Waals surface area contributed by atoms with Gasteiger partial charge in [0.05, 0.1) is 0 Å². The summed E-state index contributed by atoms with van der Waals surface area (Å²) < 4.78 is 11.8. The Bertz CT molecular complexity index is 1060. The lowest BCUT2D eigenvalue weighted by atomic mass is 9.89. The van der Waals surface area contributed by atoms with Gasteiger partial charge in [-0.3, -0.25) is 0 Å². The van der Waals surface area contributed by atoms with Crippen LogP contribution in [0.3, 0.4) is 0 Å². The van der Waals surface area contributed by atoms with E-state index >= 15 is 0 Å². The van der Waals surface area contributed by atoms with Crippen molar-refractivity contribution in [2.75, 3.05) is 0 Å². The molecule has 2 aliphatic rings. The minimum atomic E-state index is -0.326. The van der Waals surface area contributed by atoms with E-state index in [1.54, 1.807) is 0 Å². The van der Waals surface area contributed by atoms with Crippen LogP contribution in [0.2, 0.25) is 0 Å². The van der Waals surface area contributed by atoms with Crippen LogP contribution in [0.1, 0.15) is 25.0 Å². The second-order valence-corrected chi connectivity index (χ2v) is 7.74. The Morgan fingerprint density at radius 2 is 1.06 bits per heavy atom. The van der Waals surface area contributed by atoms with Crippen LogP contribution >= 0.6 is 0 Å². The van der Waals surface area contributed by atoms with Gasteiger partial charge < -0.3 is 29.9 Å². The maximum absolute atomic E-state index is 10.8. The van der Waals surface area contributed by atoms with Crippen molar-refractivity contribution in [3.63, 3.8) is 0 Å². The number of aromatic hydroxyl groups is 4. The van der Waals surface area contributed by atoms with Crippen molar-refractivity contribution in [1.82, 2.24) is 0 Å². The lowest BCUT2D eigenvalue weighted by Gasteiger charge is -2.16. The Hall–Kier alpha value is -3.80. The summed E-state index contributed by atoms with van der Waals surface area (Å²) in [6.45, 7) is 3.82. The summed E-state index contributed by atoms with van der Waals surface area (Å²) >= 11 is 0. The van der Waals surface area contributed by atoms with Crippen molar-refractivity contribution >= 4 is 0 Å². The van der Waals surface area contributed by atoms with Crippen LogP contribution in [0.5, 0.6) is 34.5 Å². The quantitative estimate of drug-likeness (QED) is 0.492. The number of hydrogen-bond donors (Lipinski definition) is 4. The molecule has 166 valence electrons. The lowest BCUT2D eigenvalue weighted by molar-refractivity contribution is 0.271. The minimum absolute atomic E-state index is 0.165. The van der Waals surface area contributed by atoms with Crippen LogP contribution in [0.15, 0.2) is 60.7 Å². The van der Waals surface area contributed by atoms with Crippen LogP contribution in [-0.4, -0.2) is 32.6 Å². The van der Waals surface area contributed by atoms with Crippen LogP contribution < -0.4 is 9.47 Å². The first-order chi connectivity index (χ1) is 15.4. The summed E-state index contributed by atoms with van der Waals surface area (Å²) in [6, 6.07) is 2.42. The number of rotatable bonds is 5. The fraction of sp³-hybridized carbons (Fsp3) is 0.231. The highest BCUT2D eigenvalue weighted by Gasteiger charge is 2.35. The van der Waals surface area contributed by atoms with Gasteiger partial charge in [-0.25, -0.2) is 0 Å². The summed E-state index contributed by atoms with van der Waals surface area (Å²) in [7, 11) is 0. The largest absolute Gasteiger partial charge is 0.507 e. The molecule has 2 atom stereocenters. The number of hydrogen-bond acceptors (Lipinski definition) is 6. The lowest BCUT2D eigenvalue weighted by Crippen LogP contribution is -2.08. The minimum Gasteiger partial charge on any atom is -0.507 e. The third-order valence-corrected chi connectivity index (χ3v) is 5.53. The van der Waals surface area contributed by atoms with E-state index in [1.165, 1.54) is 12.1 Å². The fourth-order valence-corrected chi connectivity index (χ4v) is 4.19. The average Bonchev–Trinajstić information content (AvgIpc) is 3.36. The molecule has 6 nitrogen and oxygen atoms in total. The third kappa shape index (κ3) is 3.80. The molecule has 6 heteroatoms. The van der Waals surface area contributed by atoms with Gasteiger partial charge in [0.1, 0.15) is 23.7 Å². The van der Waals surface area contributed by atoms with Gasteiger partial charge >= 0.3 is 0 Å². The molecule has 0 saturated carbocycles. The maximum Gasteiger partial charge on any atom is 0.166 e. The molecular weight excluding hydrogens is 408 g/mol. The molecule has 0 saturated heterocycles. The molecule has 0 spiro atoms. The van der Waals surface area contributed by atoms with Gasteiger partial charge in [-0.1, -0.05) is 36.5 Å². The molecule has 0 amide bonds. The predicted molar refractivity (Wildman–Crippen MR) is 123 cm³/mol. The Kier molecular flexibility index (Phi) is 5.86. The molecule has 4 rings (SSSR count). The molecule has 32 heavy (non-hydrogen) atoms. The Morgan fingerprint density at radius 3 is 1.44 bits per heavy atom. The van der Waals surface area contributed by atoms with E-state index in [4.69, 9.17) is 9.47 Å². The van der Waals surface area contributed by atoms with E-state index in [0.29, 0.717) is 35.1 Å². The molecule has 4 N–H and O–H groups in total. The smallest absolute Gasteiger partial charge is 0.166 e. The van der Waals surface area contributed by atoms with E-state index in [-0.39, 0.29) is 46.7 Å². The molecule has 2 aromatic carbocycles. The van der Waals surface area contributed by atoms with Gasteiger partial charge in [0, 0.05) is 47.2 Å². The number of fused-ring (bicyclic) bond motifs is 2. The van der Waals surface area contributed by atoms with Crippen molar-refractivity contribution in [1.29, 1.82) is 0 Å². The standard InChI is InChI=1S/C26H26O6/c1-3-5-7-9-15-11-17-23(19(27)13-21(29)25(17)31-15)24-18-12-16(10-8-6-4-2)32-26(18)22(30)14-20(24)28/h3-10,13-16,27-30H,11-12H2,1-2H3. The number of benzene rings is 2. The normalized spacial score (nSPS) is 19.8. The number of phenolic OH excluding ortho intramolecular Hbond substituents is 4. The first-order valence-electron chi connectivity index (χ1n) is 10.5. The van der Waals surface area contributed by atoms with Gasteiger partial charge in [0.25, 0.3) is 0 Å². The van der Waals surface area contributed by atoms with E-state index in [9.17, 15) is 20.4 Å². The summed E-state index contributed by atoms with van der Waals surface area (Å²) in [5.41, 5.74) is 1.92. The highest BCUT2D eigenvalue weighted by molar-refractivity contribution is 5.87. The van der Waals surface area contributed by atoms with Gasteiger partial charge in [-0.2, -0.15) is 0 Å². The SMILES string of the molecule is CC=CC=CC1Cc2c(c(O)cc(O)c2-c2c(O)cc(O)c3c2CC(C=CC=CC)O3)O1. The molecule has 0 aliphatic carbocycles. The highest BCUT2D eigenvalue weighted by atomic mass is 16.5. The Balaban J connectivity index is 1.82. The predicted octanol–water partition coefficient (Wildman–Crippen LogP) is 5.05. The zero-order valence-electron chi connectivity index (χ0n) is 17.9. The van der Waals surface area contributed by atoms with E-state index in [2.05, 4.69) is 0 Å². The van der Waals surface area contributed by atoms with Gasteiger partial charge in [0.15, 0.2) is 23.0 Å². The van der Waals surface area contributed by atoms with Gasteiger partial charge in [-0.05, 0) is 26.0 Å². The monoisotopic (exact) mass is 434 g/mol. The van der Waals surface area contributed by atoms with Crippen LogP contribution in [0, 0.1) is 0 Å². The third-order valence-electron chi connectivity index (χ3n) is 5.53. The number of ether oxygens (including phenoxy) is 2. The molecule has 2 aromatic rings. The van der Waals surface area contributed by atoms with Crippen molar-refractivity contribution in [3.8, 4) is 45.6 Å². The van der Waals surface area contributed by atoms with E-state index in [0.717, 1.165) is 0 Å². The van der Waals surface area contributed by atoms with E-state index < -0.39 is 0 Å². The first-order valence-corrected chi connectivity index (χ1v) is 10.5. The number of allylic oxidation sites excluding steroid dienone is 6. The highest BCUT2D eigenvalue weighted by Crippen LogP contribution is 2.55. The molecule has 2 unspecified atom stereocenters. The summed E-state index contributed by atoms with van der Waals surface area (Å²) in [5, 5.41) is 42.3. The second kappa shape index (κ2) is 8.75. The summed E-state index contributed by atoms with van der Waals surface area (Å²) in [5.74, 6) is -0.142. The molecule has 2 aliphatic heterocycles. The second-order valence-electron chi connectivity index (χ2n) is 7.74. The topological polar surface area (TPSA) is 99.4 Å². The van der Waals surface area contributed by atoms with Crippen molar-refractivity contribution in [2.45, 2.75) is 38.9 Å². The van der Waals surface area contributed by atoms with Gasteiger partial charge in [-0.15, -0.1) is 0 Å². The van der Waals surface area contributed by atoms with Crippen LogP contribution in [0.4, 0.5) is 0 Å². The zero-order chi connectivity index (χ0) is 22.8. The zero-order valence-corrected chi connectivity index (χ0v) is 17.9. The molecule has 0 bridgehead atoms. The van der Waals surface area contributed by atoms with Gasteiger partial charge in [0.2, 0.25) is 0 Å². The fourth-order valence-electron chi connectivity index (χ4n) is 4.19. The molecule has 0 fully saturated rings. The summed E-state index contributed by atoms with van der Waals surface area (Å²) in [4.78, 5) is 0. The average molecular weight is 434 g/mol. The van der Waals surface area contributed by atoms with E-state index in [1.807, 2.05) is 62.5 Å². The van der Waals surface area contributed by atoms with Crippen molar-refractivity contribution < 1.29 is 29.9 Å². The maximum atomic E-state index is 10.8. The van der Waals surface area contributed by atoms with Crippen molar-refractivity contribution in [2.24, 2.45) is 0 Å². The molecule has 2 heterocycles. The Labute approximate surface area is 186 Å².